The molecular formula is C17H32I2N2. The molecule has 4 heteroatoms. The largest absolute Gasteiger partial charge is 1.00 e. The minimum Gasteiger partial charge on any atom is -1.00 e. The highest BCUT2D eigenvalue weighted by molar-refractivity contribution is 5.10. The zero-order chi connectivity index (χ0) is 13.7. The van der Waals surface area contributed by atoms with Crippen molar-refractivity contribution < 1.29 is 56.9 Å². The van der Waals surface area contributed by atoms with E-state index in [1.807, 2.05) is 0 Å². The first kappa shape index (κ1) is 20.2. The molecule has 0 amide bonds. The summed E-state index contributed by atoms with van der Waals surface area (Å²) < 4.78 is 2.46. The highest BCUT2D eigenvalue weighted by Gasteiger charge is 2.51. The molecule has 4 unspecified atom stereocenters. The number of rotatable bonds is 4. The standard InChI is InChI=1S/C17H32N2.2HI/c1-18(2,3)10-5-11-19(4)12-16-14-6-7-15(9-8-14)17(16)13-19;;/h6-7,14-17H,5,8-13H2,1-4H3;2*1H/q+2;;/p-2. The molecule has 3 aliphatic carbocycles. The average Bonchev–Trinajstić information content (AvgIpc) is 2.68. The maximum atomic E-state index is 2.55. The van der Waals surface area contributed by atoms with Gasteiger partial charge in [0.15, 0.2) is 0 Å². The molecule has 21 heavy (non-hydrogen) atoms. The van der Waals surface area contributed by atoms with Gasteiger partial charge >= 0.3 is 0 Å². The summed E-state index contributed by atoms with van der Waals surface area (Å²) in [5, 5.41) is 0. The van der Waals surface area contributed by atoms with Crippen LogP contribution in [-0.2, 0) is 0 Å². The fourth-order valence-electron chi connectivity index (χ4n) is 4.95. The van der Waals surface area contributed by atoms with Crippen LogP contribution in [0.1, 0.15) is 19.3 Å². The molecule has 4 atom stereocenters. The smallest absolute Gasteiger partial charge is 0.0839 e. The van der Waals surface area contributed by atoms with E-state index in [2.05, 4.69) is 40.3 Å². The predicted molar refractivity (Wildman–Crippen MR) is 80.6 cm³/mol. The van der Waals surface area contributed by atoms with Gasteiger partial charge in [-0.05, 0) is 24.7 Å². The van der Waals surface area contributed by atoms with Crippen molar-refractivity contribution in [3.63, 3.8) is 0 Å². The van der Waals surface area contributed by atoms with Gasteiger partial charge in [-0.3, -0.25) is 0 Å². The Kier molecular flexibility index (Phi) is 7.05. The molecule has 1 aliphatic heterocycles. The van der Waals surface area contributed by atoms with Gasteiger partial charge in [0.2, 0.25) is 0 Å². The van der Waals surface area contributed by atoms with Crippen LogP contribution in [0.15, 0.2) is 12.2 Å². The number of allylic oxidation sites excluding steroid dienone is 2. The fourth-order valence-corrected chi connectivity index (χ4v) is 4.95. The van der Waals surface area contributed by atoms with Crippen molar-refractivity contribution >= 4 is 0 Å². The molecule has 124 valence electrons. The Bertz CT molecular complexity index is 353. The average molecular weight is 518 g/mol. The van der Waals surface area contributed by atoms with Gasteiger partial charge in [0.1, 0.15) is 0 Å². The van der Waals surface area contributed by atoms with Crippen molar-refractivity contribution in [1.82, 2.24) is 0 Å². The summed E-state index contributed by atoms with van der Waals surface area (Å²) in [6.07, 6.45) is 9.43. The van der Waals surface area contributed by atoms with Gasteiger partial charge in [-0.25, -0.2) is 0 Å². The summed E-state index contributed by atoms with van der Waals surface area (Å²) in [4.78, 5) is 0. The molecule has 4 rings (SSSR count). The Morgan fingerprint density at radius 2 is 1.43 bits per heavy atom. The lowest BCUT2D eigenvalue weighted by molar-refractivity contribution is -0.909. The van der Waals surface area contributed by atoms with Crippen LogP contribution in [-0.4, -0.2) is 63.3 Å². The third-order valence-electron chi connectivity index (χ3n) is 5.92. The summed E-state index contributed by atoms with van der Waals surface area (Å²) in [5.74, 6) is 3.87. The van der Waals surface area contributed by atoms with Crippen LogP contribution in [0.2, 0.25) is 0 Å². The van der Waals surface area contributed by atoms with Crippen LogP contribution >= 0.6 is 0 Å². The molecule has 0 aromatic heterocycles. The summed E-state index contributed by atoms with van der Waals surface area (Å²) in [5.41, 5.74) is 0. The van der Waals surface area contributed by atoms with Crippen molar-refractivity contribution in [2.24, 2.45) is 23.7 Å². The molecule has 2 bridgehead atoms. The van der Waals surface area contributed by atoms with Gasteiger partial charge < -0.3 is 56.9 Å². The van der Waals surface area contributed by atoms with E-state index >= 15 is 0 Å². The van der Waals surface area contributed by atoms with Gasteiger partial charge in [-0.15, -0.1) is 0 Å². The lowest BCUT2D eigenvalue weighted by atomic mass is 9.64. The topological polar surface area (TPSA) is 0 Å². The molecule has 0 N–H and O–H groups in total. The zero-order valence-corrected chi connectivity index (χ0v) is 18.4. The molecule has 0 radical (unpaired) electrons. The molecule has 2 nitrogen and oxygen atoms in total. The van der Waals surface area contributed by atoms with Crippen molar-refractivity contribution in [3.05, 3.63) is 12.2 Å². The van der Waals surface area contributed by atoms with Gasteiger partial charge in [0.05, 0.1) is 54.4 Å². The van der Waals surface area contributed by atoms with Crippen LogP contribution in [0.4, 0.5) is 0 Å². The number of quaternary nitrogens is 2. The highest BCUT2D eigenvalue weighted by atomic mass is 127. The van der Waals surface area contributed by atoms with E-state index in [1.165, 1.54) is 49.9 Å². The van der Waals surface area contributed by atoms with Gasteiger partial charge in [0.25, 0.3) is 0 Å². The van der Waals surface area contributed by atoms with E-state index in [-0.39, 0.29) is 48.0 Å². The molecule has 0 spiro atoms. The Labute approximate surface area is 165 Å². The van der Waals surface area contributed by atoms with Crippen molar-refractivity contribution in [1.29, 1.82) is 0 Å². The molecule has 0 aromatic carbocycles. The lowest BCUT2D eigenvalue weighted by Crippen LogP contribution is -3.00. The Hall–Kier alpha value is 1.12. The van der Waals surface area contributed by atoms with E-state index in [1.54, 1.807) is 0 Å². The second-order valence-electron chi connectivity index (χ2n) is 8.69. The predicted octanol–water partition coefficient (Wildman–Crippen LogP) is -3.62. The summed E-state index contributed by atoms with van der Waals surface area (Å²) in [7, 11) is 9.46. The number of likely N-dealkylation sites (tertiary alicyclic amines) is 1. The number of nitrogens with zero attached hydrogens (tertiary/aromatic N) is 2. The maximum absolute atomic E-state index is 2.55. The first-order valence-corrected chi connectivity index (χ1v) is 8.19. The normalized spacial score (nSPS) is 40.4. The van der Waals surface area contributed by atoms with Crippen LogP contribution in [0, 0.1) is 23.7 Å². The van der Waals surface area contributed by atoms with E-state index < -0.39 is 0 Å². The molecule has 1 saturated heterocycles. The Balaban J connectivity index is 0.00000110. The third-order valence-corrected chi connectivity index (χ3v) is 5.92. The second-order valence-corrected chi connectivity index (χ2v) is 8.69. The Morgan fingerprint density at radius 3 is 1.81 bits per heavy atom. The van der Waals surface area contributed by atoms with E-state index in [9.17, 15) is 0 Å². The van der Waals surface area contributed by atoms with Crippen molar-refractivity contribution in [3.8, 4) is 0 Å². The summed E-state index contributed by atoms with van der Waals surface area (Å²) in [6, 6.07) is 0. The first-order chi connectivity index (χ1) is 8.86. The number of fused-ring (bicyclic) bond motifs is 1. The Morgan fingerprint density at radius 1 is 0.952 bits per heavy atom. The van der Waals surface area contributed by atoms with Crippen LogP contribution in [0.5, 0.6) is 0 Å². The third kappa shape index (κ3) is 4.57. The number of hydrogen-bond donors (Lipinski definition) is 0. The summed E-state index contributed by atoms with van der Waals surface area (Å²) in [6.45, 7) is 5.61. The van der Waals surface area contributed by atoms with Gasteiger partial charge in [0, 0.05) is 18.3 Å². The second kappa shape index (κ2) is 7.34. The van der Waals surface area contributed by atoms with Crippen LogP contribution < -0.4 is 48.0 Å². The van der Waals surface area contributed by atoms with E-state index in [0.717, 1.165) is 28.2 Å². The van der Waals surface area contributed by atoms with Crippen molar-refractivity contribution in [2.45, 2.75) is 19.3 Å². The van der Waals surface area contributed by atoms with Crippen LogP contribution in [0.3, 0.4) is 0 Å². The SMILES string of the molecule is C[N+](C)(C)CCC[N+]1(C)CC2C3C=CC(CC3)C2C1.[I-].[I-]. The number of hydrogen-bond acceptors (Lipinski definition) is 0. The van der Waals surface area contributed by atoms with E-state index in [0.29, 0.717) is 0 Å². The first-order valence-electron chi connectivity index (χ1n) is 8.19. The fraction of sp³-hybridized carbons (Fsp3) is 0.882. The minimum absolute atomic E-state index is 0. The minimum atomic E-state index is 0. The molecular weight excluding hydrogens is 486 g/mol. The molecule has 1 saturated carbocycles. The number of halogens is 2. The van der Waals surface area contributed by atoms with Crippen molar-refractivity contribution in [2.75, 3.05) is 54.4 Å². The lowest BCUT2D eigenvalue weighted by Gasteiger charge is -2.38. The molecule has 1 heterocycles. The molecule has 0 aromatic rings. The monoisotopic (exact) mass is 518 g/mol. The van der Waals surface area contributed by atoms with Gasteiger partial charge in [-0.2, -0.15) is 0 Å². The molecule has 2 fully saturated rings. The van der Waals surface area contributed by atoms with Crippen LogP contribution in [0.25, 0.3) is 0 Å². The van der Waals surface area contributed by atoms with Gasteiger partial charge in [-0.1, -0.05) is 12.2 Å². The maximum Gasteiger partial charge on any atom is 0.0839 e. The quantitative estimate of drug-likeness (QED) is 0.205. The summed E-state index contributed by atoms with van der Waals surface area (Å²) >= 11 is 0. The van der Waals surface area contributed by atoms with E-state index in [4.69, 9.17) is 0 Å². The molecule has 4 aliphatic rings. The highest BCUT2D eigenvalue weighted by Crippen LogP contribution is 2.49. The zero-order valence-electron chi connectivity index (χ0n) is 14.1.